The highest BCUT2D eigenvalue weighted by Gasteiger charge is 2.22. The standard InChI is InChI=1S/C14H21NO2/c1-4-15-14(13-7-5-6-8-16-13)12-9-10(2)17-11(12)3/h7,9,14-15H,4-6,8H2,1-3H3. The maximum Gasteiger partial charge on any atom is 0.114 e. The predicted octanol–water partition coefficient (Wildman–Crippen LogP) is 3.24. The van der Waals surface area contributed by atoms with E-state index in [1.807, 2.05) is 13.8 Å². The Balaban J connectivity index is 2.27. The van der Waals surface area contributed by atoms with Gasteiger partial charge < -0.3 is 14.5 Å². The molecule has 1 aliphatic heterocycles. The van der Waals surface area contributed by atoms with Gasteiger partial charge in [0.1, 0.15) is 17.3 Å². The second-order valence-corrected chi connectivity index (χ2v) is 4.46. The van der Waals surface area contributed by atoms with Crippen LogP contribution in [-0.4, -0.2) is 13.2 Å². The quantitative estimate of drug-likeness (QED) is 0.870. The summed E-state index contributed by atoms with van der Waals surface area (Å²) in [7, 11) is 0. The van der Waals surface area contributed by atoms with Crippen molar-refractivity contribution in [1.29, 1.82) is 0 Å². The maximum absolute atomic E-state index is 5.77. The Bertz CT molecular complexity index is 406. The fraction of sp³-hybridized carbons (Fsp3) is 0.571. The molecule has 0 saturated carbocycles. The molecule has 0 aromatic carbocycles. The first-order valence-corrected chi connectivity index (χ1v) is 6.35. The maximum atomic E-state index is 5.77. The summed E-state index contributed by atoms with van der Waals surface area (Å²) in [5.41, 5.74) is 1.19. The van der Waals surface area contributed by atoms with Gasteiger partial charge in [0.15, 0.2) is 0 Å². The number of ether oxygens (including phenoxy) is 1. The molecule has 2 rings (SSSR count). The normalized spacial score (nSPS) is 17.5. The number of aryl methyl sites for hydroxylation is 2. The first-order chi connectivity index (χ1) is 8.22. The van der Waals surface area contributed by atoms with Crippen molar-refractivity contribution in [3.05, 3.63) is 35.0 Å². The van der Waals surface area contributed by atoms with Crippen LogP contribution in [0.3, 0.4) is 0 Å². The zero-order valence-corrected chi connectivity index (χ0v) is 10.9. The summed E-state index contributed by atoms with van der Waals surface area (Å²) in [5.74, 6) is 2.97. The third kappa shape index (κ3) is 2.72. The monoisotopic (exact) mass is 235 g/mol. The molecule has 0 aliphatic carbocycles. The number of furan rings is 1. The van der Waals surface area contributed by atoms with Crippen molar-refractivity contribution in [2.24, 2.45) is 0 Å². The SMILES string of the molecule is CCNC(C1=CCCCO1)c1cc(C)oc1C. The van der Waals surface area contributed by atoms with Gasteiger partial charge in [-0.3, -0.25) is 0 Å². The molecule has 0 saturated heterocycles. The molecule has 2 heterocycles. The Kier molecular flexibility index (Phi) is 3.89. The summed E-state index contributed by atoms with van der Waals surface area (Å²) < 4.78 is 11.4. The molecule has 0 bridgehead atoms. The van der Waals surface area contributed by atoms with Crippen LogP contribution in [0.5, 0.6) is 0 Å². The van der Waals surface area contributed by atoms with Gasteiger partial charge in [0, 0.05) is 5.56 Å². The van der Waals surface area contributed by atoms with Crippen molar-refractivity contribution in [3.63, 3.8) is 0 Å². The van der Waals surface area contributed by atoms with Gasteiger partial charge in [0.25, 0.3) is 0 Å². The van der Waals surface area contributed by atoms with E-state index in [0.717, 1.165) is 43.3 Å². The summed E-state index contributed by atoms with van der Waals surface area (Å²) in [5, 5.41) is 3.47. The number of likely N-dealkylation sites (N-methyl/N-ethyl adjacent to an activating group) is 1. The van der Waals surface area contributed by atoms with Crippen molar-refractivity contribution in [2.75, 3.05) is 13.2 Å². The molecule has 1 N–H and O–H groups in total. The van der Waals surface area contributed by atoms with Crippen molar-refractivity contribution in [3.8, 4) is 0 Å². The lowest BCUT2D eigenvalue weighted by Gasteiger charge is -2.24. The molecule has 0 radical (unpaired) electrons. The molecule has 0 amide bonds. The molecule has 17 heavy (non-hydrogen) atoms. The molecule has 1 aliphatic rings. The second-order valence-electron chi connectivity index (χ2n) is 4.46. The highest BCUT2D eigenvalue weighted by atomic mass is 16.5. The highest BCUT2D eigenvalue weighted by molar-refractivity contribution is 5.30. The van der Waals surface area contributed by atoms with E-state index in [2.05, 4.69) is 24.4 Å². The molecule has 1 aromatic heterocycles. The number of hydrogen-bond acceptors (Lipinski definition) is 3. The molecule has 3 nitrogen and oxygen atoms in total. The van der Waals surface area contributed by atoms with Gasteiger partial charge >= 0.3 is 0 Å². The van der Waals surface area contributed by atoms with Gasteiger partial charge in [-0.05, 0) is 45.4 Å². The van der Waals surface area contributed by atoms with Crippen molar-refractivity contribution in [1.82, 2.24) is 5.32 Å². The minimum atomic E-state index is 0.137. The van der Waals surface area contributed by atoms with Crippen LogP contribution in [0.4, 0.5) is 0 Å². The molecule has 1 atom stereocenters. The van der Waals surface area contributed by atoms with Crippen molar-refractivity contribution in [2.45, 2.75) is 39.7 Å². The minimum Gasteiger partial charge on any atom is -0.496 e. The van der Waals surface area contributed by atoms with Gasteiger partial charge in [-0.2, -0.15) is 0 Å². The molecule has 94 valence electrons. The largest absolute Gasteiger partial charge is 0.496 e. The van der Waals surface area contributed by atoms with Crippen LogP contribution in [-0.2, 0) is 4.74 Å². The van der Waals surface area contributed by atoms with Crippen LogP contribution in [0.15, 0.2) is 22.3 Å². The van der Waals surface area contributed by atoms with Crippen LogP contribution in [0.1, 0.15) is 42.9 Å². The van der Waals surface area contributed by atoms with E-state index in [9.17, 15) is 0 Å². The van der Waals surface area contributed by atoms with E-state index >= 15 is 0 Å². The Morgan fingerprint density at radius 3 is 2.76 bits per heavy atom. The van der Waals surface area contributed by atoms with E-state index in [4.69, 9.17) is 9.15 Å². The Morgan fingerprint density at radius 2 is 2.24 bits per heavy atom. The average molecular weight is 235 g/mol. The Morgan fingerprint density at radius 1 is 1.41 bits per heavy atom. The third-order valence-corrected chi connectivity index (χ3v) is 3.05. The van der Waals surface area contributed by atoms with E-state index in [0.29, 0.717) is 0 Å². The Hall–Kier alpha value is -1.22. The highest BCUT2D eigenvalue weighted by Crippen LogP contribution is 2.30. The zero-order chi connectivity index (χ0) is 12.3. The molecule has 1 unspecified atom stereocenters. The third-order valence-electron chi connectivity index (χ3n) is 3.05. The predicted molar refractivity (Wildman–Crippen MR) is 67.9 cm³/mol. The van der Waals surface area contributed by atoms with Gasteiger partial charge in [-0.15, -0.1) is 0 Å². The fourth-order valence-corrected chi connectivity index (χ4v) is 2.28. The first kappa shape index (κ1) is 12.2. The average Bonchev–Trinajstić information content (AvgIpc) is 2.66. The van der Waals surface area contributed by atoms with Gasteiger partial charge in [0.05, 0.1) is 12.6 Å². The Labute approximate surface area is 103 Å². The summed E-state index contributed by atoms with van der Waals surface area (Å²) in [6, 6.07) is 2.24. The van der Waals surface area contributed by atoms with E-state index in [1.165, 1.54) is 5.56 Å². The summed E-state index contributed by atoms with van der Waals surface area (Å²) in [4.78, 5) is 0. The fourth-order valence-electron chi connectivity index (χ4n) is 2.28. The number of rotatable bonds is 4. The van der Waals surface area contributed by atoms with Gasteiger partial charge in [-0.25, -0.2) is 0 Å². The van der Waals surface area contributed by atoms with Gasteiger partial charge in [0.2, 0.25) is 0 Å². The summed E-state index contributed by atoms with van der Waals surface area (Å²) in [6.45, 7) is 7.84. The minimum absolute atomic E-state index is 0.137. The lowest BCUT2D eigenvalue weighted by Crippen LogP contribution is -2.25. The van der Waals surface area contributed by atoms with Crippen molar-refractivity contribution < 1.29 is 9.15 Å². The van der Waals surface area contributed by atoms with Crippen LogP contribution in [0.25, 0.3) is 0 Å². The smallest absolute Gasteiger partial charge is 0.114 e. The van der Waals surface area contributed by atoms with Crippen molar-refractivity contribution >= 4 is 0 Å². The van der Waals surface area contributed by atoms with E-state index < -0.39 is 0 Å². The number of hydrogen-bond donors (Lipinski definition) is 1. The second kappa shape index (κ2) is 5.41. The molecule has 1 aromatic rings. The summed E-state index contributed by atoms with van der Waals surface area (Å²) in [6.07, 6.45) is 4.41. The lowest BCUT2D eigenvalue weighted by atomic mass is 10.0. The molecule has 0 spiro atoms. The van der Waals surface area contributed by atoms with Crippen LogP contribution in [0.2, 0.25) is 0 Å². The number of allylic oxidation sites excluding steroid dienone is 1. The molecular formula is C14H21NO2. The van der Waals surface area contributed by atoms with E-state index in [1.54, 1.807) is 0 Å². The van der Waals surface area contributed by atoms with Crippen LogP contribution in [0, 0.1) is 13.8 Å². The van der Waals surface area contributed by atoms with E-state index in [-0.39, 0.29) is 6.04 Å². The molecular weight excluding hydrogens is 214 g/mol. The molecule has 0 fully saturated rings. The summed E-state index contributed by atoms with van der Waals surface area (Å²) >= 11 is 0. The molecule has 3 heteroatoms. The van der Waals surface area contributed by atoms with Crippen LogP contribution >= 0.6 is 0 Å². The van der Waals surface area contributed by atoms with Crippen LogP contribution < -0.4 is 5.32 Å². The van der Waals surface area contributed by atoms with Gasteiger partial charge in [-0.1, -0.05) is 6.92 Å². The number of nitrogens with one attached hydrogen (secondary N) is 1. The first-order valence-electron chi connectivity index (χ1n) is 6.35. The topological polar surface area (TPSA) is 34.4 Å². The zero-order valence-electron chi connectivity index (χ0n) is 10.9. The lowest BCUT2D eigenvalue weighted by molar-refractivity contribution is 0.167.